The molecule has 0 saturated heterocycles. The van der Waals surface area contributed by atoms with Crippen LogP contribution in [-0.4, -0.2) is 8.07 Å². The van der Waals surface area contributed by atoms with Crippen molar-refractivity contribution in [3.8, 4) is 0 Å². The van der Waals surface area contributed by atoms with Crippen LogP contribution < -0.4 is 0 Å². The third-order valence-corrected chi connectivity index (χ3v) is 6.44. The van der Waals surface area contributed by atoms with Gasteiger partial charge in [0, 0.05) is 8.07 Å². The molecule has 1 rings (SSSR count). The first-order valence-corrected chi connectivity index (χ1v) is 9.15. The van der Waals surface area contributed by atoms with Gasteiger partial charge in [-0.2, -0.15) is 0 Å². The fraction of sp³-hybridized carbons (Fsp3) is 0.833. The Morgan fingerprint density at radius 1 is 1.46 bits per heavy atom. The summed E-state index contributed by atoms with van der Waals surface area (Å²) in [6.45, 7) is 13.7. The van der Waals surface area contributed by atoms with Gasteiger partial charge in [-0.05, 0) is 30.2 Å². The molecule has 0 aromatic carbocycles. The van der Waals surface area contributed by atoms with Gasteiger partial charge in [0.15, 0.2) is 0 Å². The minimum Gasteiger partial charge on any atom is -0.103 e. The monoisotopic (exact) mass is 196 g/mol. The van der Waals surface area contributed by atoms with Crippen LogP contribution in [0.15, 0.2) is 12.7 Å². The summed E-state index contributed by atoms with van der Waals surface area (Å²) in [6.07, 6.45) is 7.65. The Morgan fingerprint density at radius 2 is 2.08 bits per heavy atom. The fourth-order valence-corrected chi connectivity index (χ4v) is 6.08. The van der Waals surface area contributed by atoms with E-state index in [0.29, 0.717) is 5.41 Å². The van der Waals surface area contributed by atoms with Crippen LogP contribution in [0.5, 0.6) is 0 Å². The number of allylic oxidation sites excluding steroid dienone is 1. The van der Waals surface area contributed by atoms with Crippen LogP contribution in [-0.2, 0) is 0 Å². The first-order chi connectivity index (χ1) is 5.96. The molecule has 1 unspecified atom stereocenters. The van der Waals surface area contributed by atoms with Crippen molar-refractivity contribution in [1.82, 2.24) is 0 Å². The van der Waals surface area contributed by atoms with Gasteiger partial charge in [0.05, 0.1) is 0 Å². The Morgan fingerprint density at radius 3 is 2.38 bits per heavy atom. The van der Waals surface area contributed by atoms with E-state index in [1.165, 1.54) is 25.7 Å². The number of hydrogen-bond donors (Lipinski definition) is 0. The lowest BCUT2D eigenvalue weighted by atomic mass is 9.97. The Balaban J connectivity index is 2.60. The molecule has 1 aliphatic rings. The van der Waals surface area contributed by atoms with E-state index in [4.69, 9.17) is 0 Å². The summed E-state index contributed by atoms with van der Waals surface area (Å²) in [6, 6.07) is 0. The van der Waals surface area contributed by atoms with Crippen molar-refractivity contribution in [2.24, 2.45) is 5.41 Å². The predicted molar refractivity (Wildman–Crippen MR) is 63.9 cm³/mol. The summed E-state index contributed by atoms with van der Waals surface area (Å²) in [4.78, 5) is 0. The maximum absolute atomic E-state index is 3.90. The molecule has 13 heavy (non-hydrogen) atoms. The van der Waals surface area contributed by atoms with E-state index >= 15 is 0 Å². The first kappa shape index (κ1) is 11.0. The van der Waals surface area contributed by atoms with Crippen molar-refractivity contribution in [2.75, 3.05) is 0 Å². The van der Waals surface area contributed by atoms with Crippen LogP contribution in [0.3, 0.4) is 0 Å². The zero-order valence-electron chi connectivity index (χ0n) is 9.69. The van der Waals surface area contributed by atoms with E-state index < -0.39 is 8.07 Å². The summed E-state index contributed by atoms with van der Waals surface area (Å²) in [5, 5.41) is 0. The molecular weight excluding hydrogens is 172 g/mol. The van der Waals surface area contributed by atoms with E-state index in [2.05, 4.69) is 39.2 Å². The standard InChI is InChI=1S/C12H24Si/c1-6-8-12(9-7-2)10-11(12)13(3,4)5/h6,11H,1,7-10H2,2-5H3/t11?,12-/m1/s1. The topological polar surface area (TPSA) is 0 Å². The lowest BCUT2D eigenvalue weighted by molar-refractivity contribution is 0.463. The zero-order valence-corrected chi connectivity index (χ0v) is 10.7. The average Bonchev–Trinajstić information content (AvgIpc) is 2.64. The maximum atomic E-state index is 3.90. The van der Waals surface area contributed by atoms with Crippen molar-refractivity contribution >= 4 is 8.07 Å². The van der Waals surface area contributed by atoms with Crippen molar-refractivity contribution < 1.29 is 0 Å². The number of hydrogen-bond acceptors (Lipinski definition) is 0. The van der Waals surface area contributed by atoms with Crippen molar-refractivity contribution in [2.45, 2.75) is 57.8 Å². The molecule has 0 aliphatic heterocycles. The molecule has 0 heterocycles. The smallest absolute Gasteiger partial charge is 0.0479 e. The first-order valence-electron chi connectivity index (χ1n) is 5.57. The Labute approximate surface area is 84.4 Å². The van der Waals surface area contributed by atoms with Crippen LogP contribution in [0.2, 0.25) is 25.2 Å². The Bertz CT molecular complexity index is 190. The molecule has 1 aliphatic carbocycles. The number of rotatable bonds is 5. The molecule has 0 amide bonds. The molecule has 0 N–H and O–H groups in total. The molecule has 0 aromatic heterocycles. The normalized spacial score (nSPS) is 33.1. The second-order valence-corrected chi connectivity index (χ2v) is 11.2. The third kappa shape index (κ3) is 2.25. The predicted octanol–water partition coefficient (Wildman–Crippen LogP) is 4.46. The molecule has 0 radical (unpaired) electrons. The van der Waals surface area contributed by atoms with Gasteiger partial charge in [-0.25, -0.2) is 0 Å². The lowest BCUT2D eigenvalue weighted by Gasteiger charge is -2.22. The highest BCUT2D eigenvalue weighted by Gasteiger charge is 2.57. The SMILES string of the molecule is C=CC[C@@]1(CCC)CC1[Si](C)(C)C. The van der Waals surface area contributed by atoms with Crippen LogP contribution in [0.25, 0.3) is 0 Å². The summed E-state index contributed by atoms with van der Waals surface area (Å²) in [5.41, 5.74) is 1.76. The quantitative estimate of drug-likeness (QED) is 0.450. The van der Waals surface area contributed by atoms with Crippen molar-refractivity contribution in [3.05, 3.63) is 12.7 Å². The second-order valence-electron chi connectivity index (χ2n) is 5.73. The second kappa shape index (κ2) is 3.60. The summed E-state index contributed by atoms with van der Waals surface area (Å²) < 4.78 is 0. The average molecular weight is 196 g/mol. The minimum absolute atomic E-state index is 0.695. The van der Waals surface area contributed by atoms with Gasteiger partial charge in [-0.1, -0.05) is 39.1 Å². The van der Waals surface area contributed by atoms with Gasteiger partial charge in [0.25, 0.3) is 0 Å². The van der Waals surface area contributed by atoms with Gasteiger partial charge >= 0.3 is 0 Å². The van der Waals surface area contributed by atoms with Gasteiger partial charge in [-0.3, -0.25) is 0 Å². The van der Waals surface area contributed by atoms with E-state index in [1.54, 1.807) is 0 Å². The molecule has 0 spiro atoms. The zero-order chi connectivity index (χ0) is 10.1. The summed E-state index contributed by atoms with van der Waals surface area (Å²) in [5.74, 6) is 0. The van der Waals surface area contributed by atoms with Gasteiger partial charge in [0.1, 0.15) is 0 Å². The highest BCUT2D eigenvalue weighted by molar-refractivity contribution is 6.78. The van der Waals surface area contributed by atoms with Gasteiger partial charge < -0.3 is 0 Å². The van der Waals surface area contributed by atoms with E-state index in [9.17, 15) is 0 Å². The highest BCUT2D eigenvalue weighted by Crippen LogP contribution is 2.67. The highest BCUT2D eigenvalue weighted by atomic mass is 28.3. The molecule has 0 nitrogen and oxygen atoms in total. The molecule has 1 fully saturated rings. The third-order valence-electron chi connectivity index (χ3n) is 3.53. The Hall–Kier alpha value is -0.0431. The van der Waals surface area contributed by atoms with Crippen LogP contribution in [0.1, 0.15) is 32.6 Å². The van der Waals surface area contributed by atoms with E-state index in [1.807, 2.05) is 0 Å². The van der Waals surface area contributed by atoms with Gasteiger partial charge in [-0.15, -0.1) is 6.58 Å². The van der Waals surface area contributed by atoms with Crippen molar-refractivity contribution in [3.63, 3.8) is 0 Å². The van der Waals surface area contributed by atoms with Crippen molar-refractivity contribution in [1.29, 1.82) is 0 Å². The minimum atomic E-state index is -0.881. The molecule has 76 valence electrons. The maximum Gasteiger partial charge on any atom is 0.0479 e. The molecule has 2 atom stereocenters. The van der Waals surface area contributed by atoms with E-state index in [-0.39, 0.29) is 0 Å². The van der Waals surface area contributed by atoms with Crippen LogP contribution >= 0.6 is 0 Å². The van der Waals surface area contributed by atoms with Gasteiger partial charge in [0.2, 0.25) is 0 Å². The molecule has 0 aromatic rings. The molecular formula is C12H24Si. The summed E-state index contributed by atoms with van der Waals surface area (Å²) >= 11 is 0. The Kier molecular flexibility index (Phi) is 3.06. The molecule has 1 heteroatoms. The molecule has 0 bridgehead atoms. The van der Waals surface area contributed by atoms with Crippen LogP contribution in [0, 0.1) is 5.41 Å². The lowest BCUT2D eigenvalue weighted by Crippen LogP contribution is -2.23. The fourth-order valence-electron chi connectivity index (χ4n) is 2.96. The van der Waals surface area contributed by atoms with E-state index in [0.717, 1.165) is 5.54 Å². The largest absolute Gasteiger partial charge is 0.103 e. The van der Waals surface area contributed by atoms with Crippen LogP contribution in [0.4, 0.5) is 0 Å². The summed E-state index contributed by atoms with van der Waals surface area (Å²) in [7, 11) is -0.881. The molecule has 1 saturated carbocycles.